The number of benzene rings is 2. The molecular formula is C20H21NO4. The van der Waals surface area contributed by atoms with Gasteiger partial charge in [-0.2, -0.15) is 0 Å². The van der Waals surface area contributed by atoms with Gasteiger partial charge in [-0.15, -0.1) is 0 Å². The summed E-state index contributed by atoms with van der Waals surface area (Å²) >= 11 is 0. The maximum Gasteiger partial charge on any atom is 0.335 e. The number of hydrogen-bond donors (Lipinski definition) is 1. The van der Waals surface area contributed by atoms with Crippen molar-refractivity contribution in [1.29, 1.82) is 0 Å². The quantitative estimate of drug-likeness (QED) is 0.909. The highest BCUT2D eigenvalue weighted by Gasteiger charge is 2.25. The summed E-state index contributed by atoms with van der Waals surface area (Å²) in [6.07, 6.45) is 0.191. The van der Waals surface area contributed by atoms with Crippen molar-refractivity contribution in [2.24, 2.45) is 0 Å². The third kappa shape index (κ3) is 4.06. The Labute approximate surface area is 146 Å². The molecule has 0 fully saturated rings. The molecule has 1 aliphatic rings. The number of carbonyl (C=O) groups excluding carboxylic acids is 1. The van der Waals surface area contributed by atoms with Gasteiger partial charge in [0, 0.05) is 13.1 Å². The number of rotatable bonds is 5. The van der Waals surface area contributed by atoms with Crippen LogP contribution < -0.4 is 0 Å². The summed E-state index contributed by atoms with van der Waals surface area (Å²) in [7, 11) is 0. The van der Waals surface area contributed by atoms with Crippen LogP contribution in [0.2, 0.25) is 0 Å². The Bertz CT molecular complexity index is 773. The van der Waals surface area contributed by atoms with Crippen LogP contribution in [0.4, 0.5) is 0 Å². The number of aromatic carboxylic acids is 1. The fourth-order valence-corrected chi connectivity index (χ4v) is 3.00. The van der Waals surface area contributed by atoms with Crippen molar-refractivity contribution >= 4 is 11.9 Å². The third-order valence-corrected chi connectivity index (χ3v) is 4.47. The third-order valence-electron chi connectivity index (χ3n) is 4.47. The van der Waals surface area contributed by atoms with Crippen LogP contribution >= 0.6 is 0 Å². The van der Waals surface area contributed by atoms with E-state index >= 15 is 0 Å². The van der Waals surface area contributed by atoms with Crippen molar-refractivity contribution in [1.82, 2.24) is 4.90 Å². The summed E-state index contributed by atoms with van der Waals surface area (Å²) in [5.41, 5.74) is 3.28. The van der Waals surface area contributed by atoms with Crippen LogP contribution in [0, 0.1) is 0 Å². The van der Waals surface area contributed by atoms with Crippen molar-refractivity contribution in [3.8, 4) is 0 Å². The highest BCUT2D eigenvalue weighted by molar-refractivity contribution is 5.88. The maximum absolute atomic E-state index is 12.6. The van der Waals surface area contributed by atoms with E-state index in [-0.39, 0.29) is 11.5 Å². The molecule has 0 spiro atoms. The summed E-state index contributed by atoms with van der Waals surface area (Å²) < 4.78 is 5.71. The summed E-state index contributed by atoms with van der Waals surface area (Å²) in [6, 6.07) is 14.9. The summed E-state index contributed by atoms with van der Waals surface area (Å²) in [5, 5.41) is 9.13. The molecule has 0 aromatic heterocycles. The molecule has 2 aromatic rings. The average molecular weight is 339 g/mol. The Morgan fingerprint density at radius 3 is 2.64 bits per heavy atom. The Morgan fingerprint density at radius 1 is 1.16 bits per heavy atom. The summed E-state index contributed by atoms with van der Waals surface area (Å²) in [6.45, 7) is 3.20. The molecule has 0 saturated heterocycles. The van der Waals surface area contributed by atoms with E-state index in [1.807, 2.05) is 36.4 Å². The van der Waals surface area contributed by atoms with Gasteiger partial charge in [0.2, 0.25) is 0 Å². The molecule has 0 bridgehead atoms. The average Bonchev–Trinajstić information content (AvgIpc) is 2.65. The smallest absolute Gasteiger partial charge is 0.335 e. The van der Waals surface area contributed by atoms with Crippen LogP contribution in [-0.2, 0) is 29.1 Å². The fourth-order valence-electron chi connectivity index (χ4n) is 3.00. The van der Waals surface area contributed by atoms with Crippen molar-refractivity contribution in [3.05, 3.63) is 70.8 Å². The molecule has 0 saturated carbocycles. The minimum atomic E-state index is -0.953. The van der Waals surface area contributed by atoms with Gasteiger partial charge in [0.15, 0.2) is 0 Å². The van der Waals surface area contributed by atoms with Crippen molar-refractivity contribution in [3.63, 3.8) is 0 Å². The number of ether oxygens (including phenoxy) is 1. The molecule has 0 unspecified atom stereocenters. The van der Waals surface area contributed by atoms with Gasteiger partial charge in [-0.25, -0.2) is 4.79 Å². The van der Waals surface area contributed by atoms with Gasteiger partial charge in [0.1, 0.15) is 6.10 Å². The molecule has 1 amide bonds. The van der Waals surface area contributed by atoms with Gasteiger partial charge in [-0.3, -0.25) is 4.79 Å². The van der Waals surface area contributed by atoms with Crippen molar-refractivity contribution in [2.45, 2.75) is 32.6 Å². The maximum atomic E-state index is 12.6. The summed E-state index contributed by atoms with van der Waals surface area (Å²) in [4.78, 5) is 25.5. The Hall–Kier alpha value is -2.66. The van der Waals surface area contributed by atoms with Gasteiger partial charge >= 0.3 is 5.97 Å². The zero-order valence-corrected chi connectivity index (χ0v) is 14.1. The first-order valence-corrected chi connectivity index (χ1v) is 8.34. The first-order chi connectivity index (χ1) is 12.0. The number of hydrogen-bond acceptors (Lipinski definition) is 3. The van der Waals surface area contributed by atoms with Crippen molar-refractivity contribution in [2.75, 3.05) is 6.54 Å². The van der Waals surface area contributed by atoms with Crippen LogP contribution in [0.15, 0.2) is 48.5 Å². The van der Waals surface area contributed by atoms with E-state index in [9.17, 15) is 9.59 Å². The molecule has 0 radical (unpaired) electrons. The molecule has 1 atom stereocenters. The number of fused-ring (bicyclic) bond motifs is 1. The molecule has 1 N–H and O–H groups in total. The van der Waals surface area contributed by atoms with Gasteiger partial charge in [-0.05, 0) is 42.2 Å². The zero-order chi connectivity index (χ0) is 17.8. The Morgan fingerprint density at radius 2 is 1.92 bits per heavy atom. The molecule has 1 aliphatic heterocycles. The Kier molecular flexibility index (Phi) is 5.14. The molecule has 0 aliphatic carbocycles. The van der Waals surface area contributed by atoms with E-state index in [0.717, 1.165) is 23.1 Å². The van der Waals surface area contributed by atoms with Crippen molar-refractivity contribution < 1.29 is 19.4 Å². The van der Waals surface area contributed by atoms with Crippen LogP contribution in [0.25, 0.3) is 0 Å². The van der Waals surface area contributed by atoms with Gasteiger partial charge in [-0.1, -0.05) is 36.4 Å². The lowest BCUT2D eigenvalue weighted by atomic mass is 9.97. The number of amides is 1. The standard InChI is InChI=1S/C20H21NO4/c1-14(25-13-15-5-3-2-4-6-15)19(22)21-10-9-16-7-8-17(20(23)24)11-18(16)12-21/h2-8,11,14H,9-10,12-13H2,1H3,(H,23,24)/t14-/m1/s1. The molecule has 2 aromatic carbocycles. The van der Waals surface area contributed by atoms with E-state index in [0.29, 0.717) is 19.7 Å². The van der Waals surface area contributed by atoms with E-state index in [2.05, 4.69) is 0 Å². The molecule has 130 valence electrons. The lowest BCUT2D eigenvalue weighted by molar-refractivity contribution is -0.144. The van der Waals surface area contributed by atoms with Gasteiger partial charge < -0.3 is 14.7 Å². The number of carboxylic acids is 1. The van der Waals surface area contributed by atoms with Crippen LogP contribution in [0.1, 0.15) is 34.0 Å². The molecule has 25 heavy (non-hydrogen) atoms. The fraction of sp³-hybridized carbons (Fsp3) is 0.300. The van der Waals surface area contributed by atoms with Crippen LogP contribution in [-0.4, -0.2) is 34.5 Å². The molecule has 5 nitrogen and oxygen atoms in total. The second kappa shape index (κ2) is 7.49. The lowest BCUT2D eigenvalue weighted by Crippen LogP contribution is -2.42. The highest BCUT2D eigenvalue weighted by Crippen LogP contribution is 2.21. The molecule has 1 heterocycles. The monoisotopic (exact) mass is 339 g/mol. The Balaban J connectivity index is 1.63. The lowest BCUT2D eigenvalue weighted by Gasteiger charge is -2.31. The topological polar surface area (TPSA) is 66.8 Å². The summed E-state index contributed by atoms with van der Waals surface area (Å²) in [5.74, 6) is -1.02. The normalized spacial score (nSPS) is 14.7. The molecular weight excluding hydrogens is 318 g/mol. The number of nitrogens with zero attached hydrogens (tertiary/aromatic N) is 1. The minimum Gasteiger partial charge on any atom is -0.478 e. The van der Waals surface area contributed by atoms with E-state index in [4.69, 9.17) is 9.84 Å². The predicted octanol–water partition coefficient (Wildman–Crippen LogP) is 2.87. The first-order valence-electron chi connectivity index (χ1n) is 8.34. The number of carboxylic acid groups (broad SMARTS) is 1. The van der Waals surface area contributed by atoms with Gasteiger partial charge in [0.25, 0.3) is 5.91 Å². The number of carbonyl (C=O) groups is 2. The predicted molar refractivity (Wildman–Crippen MR) is 93.2 cm³/mol. The highest BCUT2D eigenvalue weighted by atomic mass is 16.5. The largest absolute Gasteiger partial charge is 0.478 e. The molecule has 3 rings (SSSR count). The zero-order valence-electron chi connectivity index (χ0n) is 14.1. The first kappa shape index (κ1) is 17.2. The van der Waals surface area contributed by atoms with Crippen LogP contribution in [0.5, 0.6) is 0 Å². The van der Waals surface area contributed by atoms with E-state index in [1.165, 1.54) is 0 Å². The second-order valence-corrected chi connectivity index (χ2v) is 6.24. The van der Waals surface area contributed by atoms with E-state index in [1.54, 1.807) is 24.0 Å². The SMILES string of the molecule is C[C@@H](OCc1ccccc1)C(=O)N1CCc2ccc(C(=O)O)cc2C1. The molecule has 5 heteroatoms. The van der Waals surface area contributed by atoms with Crippen LogP contribution in [0.3, 0.4) is 0 Å². The van der Waals surface area contributed by atoms with Gasteiger partial charge in [0.05, 0.1) is 12.2 Å². The van der Waals surface area contributed by atoms with E-state index < -0.39 is 12.1 Å². The second-order valence-electron chi connectivity index (χ2n) is 6.24. The minimum absolute atomic E-state index is 0.0673.